The molecule has 2 aromatic heterocycles. The lowest BCUT2D eigenvalue weighted by Gasteiger charge is -2.08. The van der Waals surface area contributed by atoms with Crippen molar-refractivity contribution in [1.29, 1.82) is 0 Å². The zero-order valence-electron chi connectivity index (χ0n) is 10.4. The topological polar surface area (TPSA) is 52.3 Å². The maximum Gasteiger partial charge on any atom is 0.172 e. The van der Waals surface area contributed by atoms with Crippen molar-refractivity contribution < 1.29 is 13.9 Å². The number of benzene rings is 1. The molecule has 0 N–H and O–H groups in total. The smallest absolute Gasteiger partial charge is 0.172 e. The van der Waals surface area contributed by atoms with E-state index in [1.165, 1.54) is 0 Å². The highest BCUT2D eigenvalue weighted by Gasteiger charge is 2.06. The van der Waals surface area contributed by atoms with Gasteiger partial charge >= 0.3 is 0 Å². The molecule has 4 nitrogen and oxygen atoms in total. The van der Waals surface area contributed by atoms with E-state index in [0.29, 0.717) is 18.6 Å². The molecule has 0 aliphatic carbocycles. The summed E-state index contributed by atoms with van der Waals surface area (Å²) in [6.45, 7) is 0.361. The number of hydrogen-bond acceptors (Lipinski definition) is 4. The van der Waals surface area contributed by atoms with Crippen molar-refractivity contribution in [2.45, 2.75) is 6.61 Å². The molecule has 0 unspecified atom stereocenters. The Morgan fingerprint density at radius 3 is 3.05 bits per heavy atom. The molecule has 0 amide bonds. The first-order valence-electron chi connectivity index (χ1n) is 5.96. The number of halogens is 1. The van der Waals surface area contributed by atoms with Gasteiger partial charge in [0.2, 0.25) is 0 Å². The number of pyridine rings is 1. The molecule has 0 saturated heterocycles. The van der Waals surface area contributed by atoms with E-state index in [1.807, 2.05) is 24.3 Å². The zero-order chi connectivity index (χ0) is 13.9. The standard InChI is InChI=1S/C15H10BrNO3/c16-12-6-15(13(8-18)17-7-12)20-9-10-1-2-14-11(5-10)3-4-19-14/h1-8H,9H2. The van der Waals surface area contributed by atoms with Crippen molar-refractivity contribution in [2.75, 3.05) is 0 Å². The Hall–Kier alpha value is -2.14. The van der Waals surface area contributed by atoms with E-state index in [2.05, 4.69) is 20.9 Å². The number of ether oxygens (including phenoxy) is 1. The Morgan fingerprint density at radius 2 is 2.20 bits per heavy atom. The molecule has 2 heterocycles. The second kappa shape index (κ2) is 5.46. The summed E-state index contributed by atoms with van der Waals surface area (Å²) in [5.74, 6) is 0.460. The highest BCUT2D eigenvalue weighted by Crippen LogP contribution is 2.22. The van der Waals surface area contributed by atoms with Crippen LogP contribution >= 0.6 is 15.9 Å². The number of aromatic nitrogens is 1. The Bertz CT molecular complexity index is 767. The molecule has 0 fully saturated rings. The molecular weight excluding hydrogens is 322 g/mol. The SMILES string of the molecule is O=Cc1ncc(Br)cc1OCc1ccc2occc2c1. The molecule has 20 heavy (non-hydrogen) atoms. The lowest BCUT2D eigenvalue weighted by atomic mass is 10.2. The fourth-order valence-corrected chi connectivity index (χ4v) is 2.21. The summed E-state index contributed by atoms with van der Waals surface area (Å²) in [5, 5.41) is 1.02. The molecule has 0 aliphatic rings. The summed E-state index contributed by atoms with van der Waals surface area (Å²) < 4.78 is 11.7. The average Bonchev–Trinajstić information content (AvgIpc) is 2.92. The van der Waals surface area contributed by atoms with Gasteiger partial charge in [0, 0.05) is 16.1 Å². The quantitative estimate of drug-likeness (QED) is 0.678. The van der Waals surface area contributed by atoms with E-state index >= 15 is 0 Å². The van der Waals surface area contributed by atoms with Crippen LogP contribution in [-0.2, 0) is 6.61 Å². The maximum absolute atomic E-state index is 10.9. The van der Waals surface area contributed by atoms with Crippen molar-refractivity contribution in [2.24, 2.45) is 0 Å². The Labute approximate surface area is 123 Å². The maximum atomic E-state index is 10.9. The minimum absolute atomic E-state index is 0.289. The van der Waals surface area contributed by atoms with Crippen molar-refractivity contribution >= 4 is 33.2 Å². The van der Waals surface area contributed by atoms with Crippen LogP contribution in [0, 0.1) is 0 Å². The van der Waals surface area contributed by atoms with Gasteiger partial charge in [-0.05, 0) is 45.8 Å². The van der Waals surface area contributed by atoms with Crippen LogP contribution in [0.15, 0.2) is 51.7 Å². The van der Waals surface area contributed by atoms with Crippen LogP contribution in [0.3, 0.4) is 0 Å². The Morgan fingerprint density at radius 1 is 1.30 bits per heavy atom. The largest absolute Gasteiger partial charge is 0.486 e. The van der Waals surface area contributed by atoms with Gasteiger partial charge < -0.3 is 9.15 Å². The predicted octanol–water partition coefficient (Wildman–Crippen LogP) is 3.98. The van der Waals surface area contributed by atoms with Crippen LogP contribution in [0.4, 0.5) is 0 Å². The number of nitrogens with zero attached hydrogens (tertiary/aromatic N) is 1. The molecule has 3 rings (SSSR count). The van der Waals surface area contributed by atoms with Gasteiger partial charge in [-0.15, -0.1) is 0 Å². The molecule has 3 aromatic rings. The summed E-state index contributed by atoms with van der Waals surface area (Å²) >= 11 is 3.31. The number of carbonyl (C=O) groups is 1. The predicted molar refractivity (Wildman–Crippen MR) is 77.9 cm³/mol. The number of aldehydes is 1. The summed E-state index contributed by atoms with van der Waals surface area (Å²) in [4.78, 5) is 14.9. The van der Waals surface area contributed by atoms with Crippen LogP contribution in [0.25, 0.3) is 11.0 Å². The summed E-state index contributed by atoms with van der Waals surface area (Å²) in [5.41, 5.74) is 2.12. The van der Waals surface area contributed by atoms with Gasteiger partial charge in [-0.1, -0.05) is 6.07 Å². The number of rotatable bonds is 4. The molecular formula is C15H10BrNO3. The van der Waals surface area contributed by atoms with Gasteiger partial charge in [-0.25, -0.2) is 4.98 Å². The highest BCUT2D eigenvalue weighted by atomic mass is 79.9. The second-order valence-corrected chi connectivity index (χ2v) is 5.15. The van der Waals surface area contributed by atoms with Gasteiger partial charge in [0.1, 0.15) is 23.6 Å². The molecule has 1 aromatic carbocycles. The molecule has 0 atom stereocenters. The van der Waals surface area contributed by atoms with Crippen LogP contribution in [0.2, 0.25) is 0 Å². The van der Waals surface area contributed by atoms with Crippen molar-refractivity contribution in [3.05, 3.63) is 58.5 Å². The van der Waals surface area contributed by atoms with Crippen LogP contribution < -0.4 is 4.74 Å². The molecule has 100 valence electrons. The average molecular weight is 332 g/mol. The third-order valence-electron chi connectivity index (χ3n) is 2.87. The van der Waals surface area contributed by atoms with Gasteiger partial charge in [-0.3, -0.25) is 4.79 Å². The lowest BCUT2D eigenvalue weighted by molar-refractivity contribution is 0.111. The summed E-state index contributed by atoms with van der Waals surface area (Å²) in [6, 6.07) is 9.44. The molecule has 0 radical (unpaired) electrons. The van der Waals surface area contributed by atoms with Crippen LogP contribution in [-0.4, -0.2) is 11.3 Å². The number of carbonyl (C=O) groups excluding carboxylic acids is 1. The first kappa shape index (κ1) is 12.9. The van der Waals surface area contributed by atoms with E-state index in [-0.39, 0.29) is 5.69 Å². The van der Waals surface area contributed by atoms with E-state index in [4.69, 9.17) is 9.15 Å². The molecule has 0 bridgehead atoms. The number of hydrogen-bond donors (Lipinski definition) is 0. The minimum atomic E-state index is 0.289. The number of furan rings is 1. The summed E-state index contributed by atoms with van der Waals surface area (Å²) in [7, 11) is 0. The molecule has 5 heteroatoms. The van der Waals surface area contributed by atoms with Crippen LogP contribution in [0.5, 0.6) is 5.75 Å². The van der Waals surface area contributed by atoms with Gasteiger partial charge in [0.15, 0.2) is 6.29 Å². The normalized spacial score (nSPS) is 10.7. The lowest BCUT2D eigenvalue weighted by Crippen LogP contribution is -2.00. The Kier molecular flexibility index (Phi) is 3.52. The van der Waals surface area contributed by atoms with E-state index < -0.39 is 0 Å². The minimum Gasteiger partial charge on any atom is -0.486 e. The van der Waals surface area contributed by atoms with Gasteiger partial charge in [-0.2, -0.15) is 0 Å². The van der Waals surface area contributed by atoms with E-state index in [9.17, 15) is 4.79 Å². The third kappa shape index (κ3) is 2.58. The van der Waals surface area contributed by atoms with E-state index in [0.717, 1.165) is 21.0 Å². The molecule has 0 saturated carbocycles. The van der Waals surface area contributed by atoms with Crippen molar-refractivity contribution in [1.82, 2.24) is 4.98 Å². The Balaban J connectivity index is 1.81. The fraction of sp³-hybridized carbons (Fsp3) is 0.0667. The number of fused-ring (bicyclic) bond motifs is 1. The van der Waals surface area contributed by atoms with E-state index in [1.54, 1.807) is 18.5 Å². The molecule has 0 spiro atoms. The third-order valence-corrected chi connectivity index (χ3v) is 3.30. The highest BCUT2D eigenvalue weighted by molar-refractivity contribution is 9.10. The molecule has 0 aliphatic heterocycles. The van der Waals surface area contributed by atoms with Crippen LogP contribution in [0.1, 0.15) is 16.1 Å². The van der Waals surface area contributed by atoms with Crippen molar-refractivity contribution in [3.63, 3.8) is 0 Å². The zero-order valence-corrected chi connectivity index (χ0v) is 12.0. The second-order valence-electron chi connectivity index (χ2n) is 4.24. The first-order valence-corrected chi connectivity index (χ1v) is 6.75. The monoisotopic (exact) mass is 331 g/mol. The fourth-order valence-electron chi connectivity index (χ4n) is 1.90. The first-order chi connectivity index (χ1) is 9.76. The summed E-state index contributed by atoms with van der Waals surface area (Å²) in [6.07, 6.45) is 3.90. The van der Waals surface area contributed by atoms with Gasteiger partial charge in [0.05, 0.1) is 6.26 Å². The van der Waals surface area contributed by atoms with Crippen molar-refractivity contribution in [3.8, 4) is 5.75 Å². The van der Waals surface area contributed by atoms with Gasteiger partial charge in [0.25, 0.3) is 0 Å².